The Morgan fingerprint density at radius 1 is 1.02 bits per heavy atom. The highest BCUT2D eigenvalue weighted by Crippen LogP contribution is 2.31. The summed E-state index contributed by atoms with van der Waals surface area (Å²) in [6.45, 7) is 3.43. The summed E-state index contributed by atoms with van der Waals surface area (Å²) < 4.78 is 5.29. The fourth-order valence-electron chi connectivity index (χ4n) is 5.84. The number of nitrogens with zero attached hydrogens (tertiary/aromatic N) is 2. The number of para-hydroxylation sites is 2. The van der Waals surface area contributed by atoms with Crippen LogP contribution in [0.1, 0.15) is 43.2 Å². The molecule has 0 aromatic heterocycles. The maximum absolute atomic E-state index is 14.0. The third-order valence-electron chi connectivity index (χ3n) is 7.97. The lowest BCUT2D eigenvalue weighted by atomic mass is 9.98. The second-order valence-electron chi connectivity index (χ2n) is 10.7. The van der Waals surface area contributed by atoms with Crippen molar-refractivity contribution in [1.82, 2.24) is 10.2 Å². The van der Waals surface area contributed by atoms with Crippen molar-refractivity contribution in [2.45, 2.75) is 50.6 Å². The van der Waals surface area contributed by atoms with E-state index in [4.69, 9.17) is 4.74 Å². The number of anilines is 2. The molecule has 0 bridgehead atoms. The smallest absolute Gasteiger partial charge is 0.245 e. The van der Waals surface area contributed by atoms with Crippen LogP contribution in [0, 0.1) is 0 Å². The summed E-state index contributed by atoms with van der Waals surface area (Å²) in [5.41, 5.74) is 3.66. The number of carbonyl (C=O) groups excluding carboxylic acids is 3. The van der Waals surface area contributed by atoms with Crippen molar-refractivity contribution in [3.05, 3.63) is 90.0 Å². The van der Waals surface area contributed by atoms with Gasteiger partial charge < -0.3 is 25.2 Å². The molecule has 2 N–H and O–H groups in total. The molecule has 8 nitrogen and oxygen atoms in total. The Balaban J connectivity index is 1.35. The molecular formula is C33H38N4O4. The predicted molar refractivity (Wildman–Crippen MR) is 160 cm³/mol. The Morgan fingerprint density at radius 3 is 2.49 bits per heavy atom. The van der Waals surface area contributed by atoms with Crippen molar-refractivity contribution in [2.24, 2.45) is 0 Å². The number of nitrogens with one attached hydrogen (secondary N) is 2. The van der Waals surface area contributed by atoms with Crippen LogP contribution in [-0.2, 0) is 20.8 Å². The summed E-state index contributed by atoms with van der Waals surface area (Å²) in [6.07, 6.45) is 2.24. The van der Waals surface area contributed by atoms with E-state index in [0.717, 1.165) is 34.7 Å². The van der Waals surface area contributed by atoms with Gasteiger partial charge in [-0.05, 0) is 54.3 Å². The number of hydrogen-bond acceptors (Lipinski definition) is 5. The first-order valence-corrected chi connectivity index (χ1v) is 14.4. The summed E-state index contributed by atoms with van der Waals surface area (Å²) in [5, 5.41) is 6.39. The molecule has 0 radical (unpaired) electrons. The van der Waals surface area contributed by atoms with Gasteiger partial charge in [0.05, 0.1) is 19.1 Å². The number of ether oxygens (including phenoxy) is 1. The topological polar surface area (TPSA) is 91.0 Å². The van der Waals surface area contributed by atoms with Crippen molar-refractivity contribution in [3.8, 4) is 5.75 Å². The molecule has 2 aliphatic rings. The second-order valence-corrected chi connectivity index (χ2v) is 10.7. The minimum Gasteiger partial charge on any atom is -0.497 e. The molecule has 3 aromatic carbocycles. The zero-order valence-electron chi connectivity index (χ0n) is 23.7. The van der Waals surface area contributed by atoms with E-state index < -0.39 is 6.04 Å². The number of benzene rings is 3. The van der Waals surface area contributed by atoms with Crippen LogP contribution in [0.25, 0.3) is 0 Å². The molecule has 0 saturated carbocycles. The number of carbonyl (C=O) groups is 3. The molecule has 3 atom stereocenters. The lowest BCUT2D eigenvalue weighted by Crippen LogP contribution is -2.51. The van der Waals surface area contributed by atoms with Crippen LogP contribution < -0.4 is 20.3 Å². The van der Waals surface area contributed by atoms with E-state index in [2.05, 4.69) is 10.6 Å². The van der Waals surface area contributed by atoms with Crippen LogP contribution in [0.4, 0.5) is 11.4 Å². The monoisotopic (exact) mass is 554 g/mol. The zero-order valence-corrected chi connectivity index (χ0v) is 23.7. The Labute approximate surface area is 241 Å². The quantitative estimate of drug-likeness (QED) is 0.389. The van der Waals surface area contributed by atoms with Crippen molar-refractivity contribution < 1.29 is 19.1 Å². The van der Waals surface area contributed by atoms with Crippen LogP contribution in [0.2, 0.25) is 0 Å². The van der Waals surface area contributed by atoms with Gasteiger partial charge in [0.1, 0.15) is 11.8 Å². The van der Waals surface area contributed by atoms with E-state index in [1.807, 2.05) is 90.7 Å². The largest absolute Gasteiger partial charge is 0.497 e. The Kier molecular flexibility index (Phi) is 8.87. The van der Waals surface area contributed by atoms with E-state index >= 15 is 0 Å². The van der Waals surface area contributed by atoms with Crippen LogP contribution in [0.15, 0.2) is 78.9 Å². The van der Waals surface area contributed by atoms with E-state index in [1.165, 1.54) is 0 Å². The van der Waals surface area contributed by atoms with Crippen molar-refractivity contribution in [3.63, 3.8) is 0 Å². The summed E-state index contributed by atoms with van der Waals surface area (Å²) in [6, 6.07) is 24.2. The van der Waals surface area contributed by atoms with Crippen LogP contribution in [0.5, 0.6) is 5.75 Å². The number of methoxy groups -OCH3 is 1. The Bertz CT molecular complexity index is 1360. The Morgan fingerprint density at radius 2 is 1.76 bits per heavy atom. The molecule has 41 heavy (non-hydrogen) atoms. The van der Waals surface area contributed by atoms with Crippen LogP contribution >= 0.6 is 0 Å². The van der Waals surface area contributed by atoms with Gasteiger partial charge in [0.2, 0.25) is 17.7 Å². The number of likely N-dealkylation sites (tertiary alicyclic amines) is 1. The lowest BCUT2D eigenvalue weighted by Gasteiger charge is -2.30. The molecule has 0 aliphatic carbocycles. The third-order valence-corrected chi connectivity index (χ3v) is 7.97. The van der Waals surface area contributed by atoms with E-state index in [1.54, 1.807) is 12.0 Å². The van der Waals surface area contributed by atoms with E-state index in [9.17, 15) is 14.4 Å². The molecule has 3 aromatic rings. The number of hydrogen-bond donors (Lipinski definition) is 2. The van der Waals surface area contributed by atoms with E-state index in [-0.39, 0.29) is 29.7 Å². The molecule has 214 valence electrons. The van der Waals surface area contributed by atoms with Crippen molar-refractivity contribution >= 4 is 29.1 Å². The lowest BCUT2D eigenvalue weighted by molar-refractivity contribution is -0.136. The maximum Gasteiger partial charge on any atom is 0.245 e. The minimum atomic E-state index is -0.737. The molecule has 1 unspecified atom stereocenters. The molecule has 3 amide bonds. The van der Waals surface area contributed by atoms with Gasteiger partial charge in [-0.3, -0.25) is 14.4 Å². The summed E-state index contributed by atoms with van der Waals surface area (Å²) in [4.78, 5) is 44.4. The average molecular weight is 555 g/mol. The van der Waals surface area contributed by atoms with Gasteiger partial charge in [0, 0.05) is 43.9 Å². The Hall–Kier alpha value is -4.33. The molecular weight excluding hydrogens is 516 g/mol. The molecule has 2 aliphatic heterocycles. The van der Waals surface area contributed by atoms with E-state index in [0.29, 0.717) is 38.9 Å². The highest BCUT2D eigenvalue weighted by Gasteiger charge is 2.38. The van der Waals surface area contributed by atoms with Crippen molar-refractivity contribution in [1.29, 1.82) is 0 Å². The maximum atomic E-state index is 14.0. The van der Waals surface area contributed by atoms with Gasteiger partial charge in [0.15, 0.2) is 0 Å². The first-order chi connectivity index (χ1) is 20.0. The third kappa shape index (κ3) is 6.37. The molecule has 8 heteroatoms. The van der Waals surface area contributed by atoms with Gasteiger partial charge in [-0.2, -0.15) is 0 Å². The first-order valence-electron chi connectivity index (χ1n) is 14.4. The fourth-order valence-corrected chi connectivity index (χ4v) is 5.84. The first kappa shape index (κ1) is 28.2. The fraction of sp³-hybridized carbons (Fsp3) is 0.364. The molecule has 0 spiro atoms. The zero-order chi connectivity index (χ0) is 28.8. The average Bonchev–Trinajstić information content (AvgIpc) is 3.66. The standard InChI is InChI=1S/C33H38N4O4/c1-3-9-31(38)37(24-10-5-4-6-11-24)25-18-19-36(22-25)33(40)30(20-23-14-16-26(41-2)17-15-23)35-32(39)28-21-34-29-13-8-7-12-27(28)29/h4-8,10-17,25,28,30,34H,3,9,18-22H2,1-2H3,(H,35,39)/t25-,28?,30-/m1/s1. The summed E-state index contributed by atoms with van der Waals surface area (Å²) >= 11 is 0. The number of rotatable bonds is 10. The summed E-state index contributed by atoms with van der Waals surface area (Å²) in [7, 11) is 1.61. The SMILES string of the molecule is CCCC(=O)N(c1ccccc1)[C@@H]1CCN(C(=O)[C@@H](Cc2ccc(OC)cc2)NC(=O)C2CNc3ccccc32)C1. The van der Waals surface area contributed by atoms with Gasteiger partial charge >= 0.3 is 0 Å². The van der Waals surface area contributed by atoms with Crippen molar-refractivity contribution in [2.75, 3.05) is 37.0 Å². The van der Waals surface area contributed by atoms with Crippen LogP contribution in [-0.4, -0.2) is 61.4 Å². The molecule has 1 fully saturated rings. The number of amides is 3. The van der Waals surface area contributed by atoms with Gasteiger partial charge in [-0.15, -0.1) is 0 Å². The molecule has 1 saturated heterocycles. The normalized spacial score (nSPS) is 18.2. The minimum absolute atomic E-state index is 0.0634. The van der Waals surface area contributed by atoms with Crippen LogP contribution in [0.3, 0.4) is 0 Å². The number of fused-ring (bicyclic) bond motifs is 1. The highest BCUT2D eigenvalue weighted by molar-refractivity contribution is 5.95. The van der Waals surface area contributed by atoms with Gasteiger partial charge in [0.25, 0.3) is 0 Å². The predicted octanol–water partition coefficient (Wildman–Crippen LogP) is 4.37. The second kappa shape index (κ2) is 12.9. The molecule has 5 rings (SSSR count). The van der Waals surface area contributed by atoms with Gasteiger partial charge in [-0.25, -0.2) is 0 Å². The molecule has 2 heterocycles. The highest BCUT2D eigenvalue weighted by atomic mass is 16.5. The van der Waals surface area contributed by atoms with Gasteiger partial charge in [-0.1, -0.05) is 55.5 Å². The summed E-state index contributed by atoms with van der Waals surface area (Å²) in [5.74, 6) is 0.118.